The van der Waals surface area contributed by atoms with Crippen LogP contribution in [-0.2, 0) is 22.6 Å². The molecule has 1 aliphatic rings. The number of amides is 4. The second kappa shape index (κ2) is 13.8. The van der Waals surface area contributed by atoms with Gasteiger partial charge in [-0.25, -0.2) is 4.79 Å². The number of carbonyl (C=O) groups is 3. The summed E-state index contributed by atoms with van der Waals surface area (Å²) in [6.45, 7) is 6.08. The Kier molecular flexibility index (Phi) is 10.4. The summed E-state index contributed by atoms with van der Waals surface area (Å²) < 4.78 is -0.605. The van der Waals surface area contributed by atoms with Crippen molar-refractivity contribution < 1.29 is 19.5 Å². The first kappa shape index (κ1) is 31.7. The van der Waals surface area contributed by atoms with Gasteiger partial charge in [0.15, 0.2) is 6.10 Å². The van der Waals surface area contributed by atoms with Gasteiger partial charge in [-0.05, 0) is 56.0 Å². The summed E-state index contributed by atoms with van der Waals surface area (Å²) in [5, 5.41) is 20.2. The van der Waals surface area contributed by atoms with Crippen LogP contribution >= 0.6 is 35.0 Å². The number of para-hydroxylation sites is 1. The molecule has 4 N–H and O–H groups in total. The molecule has 0 radical (unpaired) electrons. The number of hydrogen-bond donors (Lipinski definition) is 4. The topological polar surface area (TPSA) is 111 Å². The normalized spacial score (nSPS) is 17.3. The van der Waals surface area contributed by atoms with Crippen molar-refractivity contribution in [1.29, 1.82) is 0 Å². The Labute approximate surface area is 260 Å². The van der Waals surface area contributed by atoms with Gasteiger partial charge >= 0.3 is 6.03 Å². The van der Waals surface area contributed by atoms with Gasteiger partial charge in [0.2, 0.25) is 5.91 Å². The van der Waals surface area contributed by atoms with Gasteiger partial charge in [0.05, 0.1) is 27.7 Å². The van der Waals surface area contributed by atoms with Crippen molar-refractivity contribution in [3.63, 3.8) is 0 Å². The van der Waals surface area contributed by atoms with Crippen molar-refractivity contribution in [3.05, 3.63) is 99.5 Å². The summed E-state index contributed by atoms with van der Waals surface area (Å²) in [5.74, 6) is -0.751. The zero-order valence-corrected chi connectivity index (χ0v) is 25.9. The molecule has 1 aliphatic heterocycles. The molecule has 0 spiro atoms. The minimum atomic E-state index is -1.64. The van der Waals surface area contributed by atoms with Crippen LogP contribution in [0.4, 0.5) is 10.5 Å². The van der Waals surface area contributed by atoms with E-state index in [9.17, 15) is 19.5 Å². The number of anilines is 1. The third-order valence-electron chi connectivity index (χ3n) is 7.24. The minimum absolute atomic E-state index is 0.159. The van der Waals surface area contributed by atoms with Crippen molar-refractivity contribution in [2.24, 2.45) is 0 Å². The second-order valence-electron chi connectivity index (χ2n) is 10.7. The number of thioether (sulfide) groups is 1. The number of aryl methyl sites for hydroxylation is 1. The molecule has 11 heteroatoms. The second-order valence-corrected chi connectivity index (χ2v) is 13.1. The first-order chi connectivity index (χ1) is 20.0. The van der Waals surface area contributed by atoms with Gasteiger partial charge in [-0.15, -0.1) is 11.8 Å². The number of hydrogen-bond acceptors (Lipinski definition) is 5. The molecule has 3 atom stereocenters. The van der Waals surface area contributed by atoms with Crippen LogP contribution in [0.5, 0.6) is 0 Å². The van der Waals surface area contributed by atoms with Crippen LogP contribution in [0.25, 0.3) is 0 Å². The van der Waals surface area contributed by atoms with Crippen LogP contribution < -0.4 is 16.0 Å². The molecule has 3 unspecified atom stereocenters. The van der Waals surface area contributed by atoms with Gasteiger partial charge in [0, 0.05) is 11.3 Å². The Morgan fingerprint density at radius 3 is 2.31 bits per heavy atom. The zero-order chi connectivity index (χ0) is 30.4. The Morgan fingerprint density at radius 1 is 1.00 bits per heavy atom. The van der Waals surface area contributed by atoms with Crippen LogP contribution in [0.2, 0.25) is 10.0 Å². The summed E-state index contributed by atoms with van der Waals surface area (Å²) in [4.78, 5) is 41.7. The fraction of sp³-hybridized carbons (Fsp3) is 0.323. The minimum Gasteiger partial charge on any atom is -0.381 e. The van der Waals surface area contributed by atoms with Crippen LogP contribution in [0.3, 0.4) is 0 Å². The fourth-order valence-electron chi connectivity index (χ4n) is 4.89. The summed E-state index contributed by atoms with van der Waals surface area (Å²) >= 11 is 13.9. The van der Waals surface area contributed by atoms with Gasteiger partial charge in [-0.3, -0.25) is 9.59 Å². The van der Waals surface area contributed by atoms with Gasteiger partial charge in [0.1, 0.15) is 6.04 Å². The highest BCUT2D eigenvalue weighted by atomic mass is 35.5. The van der Waals surface area contributed by atoms with Crippen LogP contribution in [0.1, 0.15) is 30.5 Å². The van der Waals surface area contributed by atoms with Crippen LogP contribution in [0, 0.1) is 6.92 Å². The van der Waals surface area contributed by atoms with Crippen LogP contribution in [-0.4, -0.2) is 56.7 Å². The highest BCUT2D eigenvalue weighted by Gasteiger charge is 2.49. The summed E-state index contributed by atoms with van der Waals surface area (Å²) in [6.07, 6.45) is -1.48. The standard InChI is InChI=1S/C31H34Cl2N4O4S/c1-19-10-7-8-13-21(19)17-34-28(39)27-31(2,3)42-18-37(27)29(40)26(38)24(16-20-11-5-4-6-12-20)35-30(41)36-25-22(32)14-9-15-23(25)33/h4-15,24,26-27,38H,16-18H2,1-3H3,(H,34,39)(H2,35,36,41). The first-order valence-electron chi connectivity index (χ1n) is 13.5. The largest absolute Gasteiger partial charge is 0.381 e. The van der Waals surface area contributed by atoms with E-state index in [1.165, 1.54) is 16.7 Å². The number of urea groups is 1. The Hall–Kier alpha value is -3.24. The van der Waals surface area contributed by atoms with E-state index in [4.69, 9.17) is 23.2 Å². The molecule has 1 heterocycles. The third-order valence-corrected chi connectivity index (χ3v) is 9.25. The molecule has 0 saturated carbocycles. The highest BCUT2D eigenvalue weighted by Crippen LogP contribution is 2.40. The summed E-state index contributed by atoms with van der Waals surface area (Å²) in [5.41, 5.74) is 3.03. The van der Waals surface area contributed by atoms with Gasteiger partial charge in [-0.2, -0.15) is 0 Å². The highest BCUT2D eigenvalue weighted by molar-refractivity contribution is 8.00. The average molecular weight is 630 g/mol. The van der Waals surface area contributed by atoms with Gasteiger partial charge in [-0.1, -0.05) is 83.9 Å². The van der Waals surface area contributed by atoms with E-state index in [-0.39, 0.29) is 33.9 Å². The Bertz CT molecular complexity index is 1420. The summed E-state index contributed by atoms with van der Waals surface area (Å²) in [6, 6.07) is 19.2. The smallest absolute Gasteiger partial charge is 0.319 e. The lowest BCUT2D eigenvalue weighted by molar-refractivity contribution is -0.147. The van der Waals surface area contributed by atoms with Crippen molar-refractivity contribution in [1.82, 2.24) is 15.5 Å². The SMILES string of the molecule is Cc1ccccc1CNC(=O)C1N(C(=O)C(O)C(Cc2ccccc2)NC(=O)Nc2c(Cl)cccc2Cl)CSC1(C)C. The van der Waals surface area contributed by atoms with E-state index in [1.54, 1.807) is 18.2 Å². The zero-order valence-electron chi connectivity index (χ0n) is 23.6. The molecule has 0 bridgehead atoms. The molecule has 4 amide bonds. The van der Waals surface area contributed by atoms with Crippen LogP contribution in [0.15, 0.2) is 72.8 Å². The number of carbonyl (C=O) groups excluding carboxylic acids is 3. The number of nitrogens with one attached hydrogen (secondary N) is 3. The number of aliphatic hydroxyl groups excluding tert-OH is 1. The molecule has 8 nitrogen and oxygen atoms in total. The fourth-order valence-corrected chi connectivity index (χ4v) is 6.52. The molecule has 1 fully saturated rings. The van der Waals surface area contributed by atoms with Crippen molar-refractivity contribution in [3.8, 4) is 0 Å². The molecular weight excluding hydrogens is 595 g/mol. The Balaban J connectivity index is 1.53. The third kappa shape index (κ3) is 7.58. The maximum Gasteiger partial charge on any atom is 0.319 e. The predicted octanol–water partition coefficient (Wildman–Crippen LogP) is 5.39. The molecule has 1 saturated heterocycles. The maximum absolute atomic E-state index is 13.8. The van der Waals surface area contributed by atoms with Gasteiger partial charge < -0.3 is 26.0 Å². The van der Waals surface area contributed by atoms with E-state index >= 15 is 0 Å². The summed E-state index contributed by atoms with van der Waals surface area (Å²) in [7, 11) is 0. The Morgan fingerprint density at radius 2 is 1.64 bits per heavy atom. The van der Waals surface area contributed by atoms with E-state index in [0.717, 1.165) is 16.7 Å². The van der Waals surface area contributed by atoms with Gasteiger partial charge in [0.25, 0.3) is 5.91 Å². The quantitative estimate of drug-likeness (QED) is 0.254. The maximum atomic E-state index is 13.8. The molecule has 0 aliphatic carbocycles. The van der Waals surface area contributed by atoms with Crippen molar-refractivity contribution in [2.75, 3.05) is 11.2 Å². The number of nitrogens with zero attached hydrogens (tertiary/aromatic N) is 1. The molecular formula is C31H34Cl2N4O4S. The van der Waals surface area contributed by atoms with E-state index in [0.29, 0.717) is 6.54 Å². The lowest BCUT2D eigenvalue weighted by atomic mass is 9.97. The number of aliphatic hydroxyl groups is 1. The predicted molar refractivity (Wildman–Crippen MR) is 169 cm³/mol. The first-order valence-corrected chi connectivity index (χ1v) is 15.2. The average Bonchev–Trinajstić information content (AvgIpc) is 3.28. The number of benzene rings is 3. The van der Waals surface area contributed by atoms with E-state index < -0.39 is 34.9 Å². The molecule has 3 aromatic rings. The molecule has 0 aromatic heterocycles. The lowest BCUT2D eigenvalue weighted by Crippen LogP contribution is -2.59. The lowest BCUT2D eigenvalue weighted by Gasteiger charge is -2.33. The van der Waals surface area contributed by atoms with E-state index in [1.807, 2.05) is 75.4 Å². The molecule has 42 heavy (non-hydrogen) atoms. The van der Waals surface area contributed by atoms with Crippen molar-refractivity contribution >= 4 is 58.5 Å². The molecule has 4 rings (SSSR count). The van der Waals surface area contributed by atoms with Crippen molar-refractivity contribution in [2.45, 2.75) is 56.7 Å². The monoisotopic (exact) mass is 628 g/mol. The number of rotatable bonds is 9. The molecule has 222 valence electrons. The number of halogens is 2. The molecule has 3 aromatic carbocycles. The van der Waals surface area contributed by atoms with E-state index in [2.05, 4.69) is 16.0 Å².